The molecule has 3 amide bonds. The van der Waals surface area contributed by atoms with Crippen molar-refractivity contribution < 1.29 is 19.1 Å². The molecule has 0 aromatic heterocycles. The standard InChI is InChI=1S/C17H15BrN2O4/c1-19-17(23)20-15(21)14(11-7-3-2-4-8-11)24-16(22)12-9-5-6-10-13(12)18/h2-10,14H,1H3,(H2,19,20,21,23)/t14-/m0/s1. The van der Waals surface area contributed by atoms with Crippen molar-refractivity contribution in [3.05, 3.63) is 70.2 Å². The second-order valence-electron chi connectivity index (χ2n) is 4.74. The van der Waals surface area contributed by atoms with Crippen LogP contribution in [0.3, 0.4) is 0 Å². The molecule has 0 aliphatic heterocycles. The van der Waals surface area contributed by atoms with Crippen LogP contribution < -0.4 is 10.6 Å². The van der Waals surface area contributed by atoms with E-state index in [9.17, 15) is 14.4 Å². The number of rotatable bonds is 4. The molecule has 24 heavy (non-hydrogen) atoms. The van der Waals surface area contributed by atoms with Crippen LogP contribution >= 0.6 is 15.9 Å². The summed E-state index contributed by atoms with van der Waals surface area (Å²) in [6, 6.07) is 14.5. The predicted octanol–water partition coefficient (Wildman–Crippen LogP) is 2.80. The lowest BCUT2D eigenvalue weighted by atomic mass is 10.1. The summed E-state index contributed by atoms with van der Waals surface area (Å²) in [7, 11) is 1.38. The minimum Gasteiger partial charge on any atom is -0.444 e. The van der Waals surface area contributed by atoms with Gasteiger partial charge in [0, 0.05) is 17.1 Å². The number of halogens is 1. The number of hydrogen-bond donors (Lipinski definition) is 2. The Balaban J connectivity index is 2.26. The molecular weight excluding hydrogens is 376 g/mol. The van der Waals surface area contributed by atoms with Crippen LogP contribution in [0.2, 0.25) is 0 Å². The summed E-state index contributed by atoms with van der Waals surface area (Å²) in [5.41, 5.74) is 0.741. The number of amides is 3. The third-order valence-corrected chi connectivity index (χ3v) is 3.81. The maximum absolute atomic E-state index is 12.4. The van der Waals surface area contributed by atoms with Gasteiger partial charge in [-0.05, 0) is 28.1 Å². The zero-order valence-corrected chi connectivity index (χ0v) is 14.4. The van der Waals surface area contributed by atoms with Gasteiger partial charge in [0.05, 0.1) is 5.56 Å². The highest BCUT2D eigenvalue weighted by Crippen LogP contribution is 2.23. The first-order valence-electron chi connectivity index (χ1n) is 7.06. The fraction of sp³-hybridized carbons (Fsp3) is 0.118. The lowest BCUT2D eigenvalue weighted by molar-refractivity contribution is -0.129. The SMILES string of the molecule is CNC(=O)NC(=O)[C@@H](OC(=O)c1ccccc1Br)c1ccccc1. The summed E-state index contributed by atoms with van der Waals surface area (Å²) in [5, 5.41) is 4.40. The Kier molecular flexibility index (Phi) is 6.08. The Labute approximate surface area is 147 Å². The molecule has 2 N–H and O–H groups in total. The van der Waals surface area contributed by atoms with Crippen molar-refractivity contribution in [3.8, 4) is 0 Å². The molecule has 6 nitrogen and oxygen atoms in total. The quantitative estimate of drug-likeness (QED) is 0.786. The highest BCUT2D eigenvalue weighted by Gasteiger charge is 2.27. The monoisotopic (exact) mass is 390 g/mol. The van der Waals surface area contributed by atoms with Gasteiger partial charge < -0.3 is 10.1 Å². The summed E-state index contributed by atoms with van der Waals surface area (Å²) in [6.45, 7) is 0. The van der Waals surface area contributed by atoms with E-state index >= 15 is 0 Å². The van der Waals surface area contributed by atoms with Crippen molar-refractivity contribution in [1.82, 2.24) is 10.6 Å². The highest BCUT2D eigenvalue weighted by atomic mass is 79.9. The van der Waals surface area contributed by atoms with Gasteiger partial charge in [0.15, 0.2) is 0 Å². The fourth-order valence-corrected chi connectivity index (χ4v) is 2.38. The summed E-state index contributed by atoms with van der Waals surface area (Å²) in [4.78, 5) is 36.1. The molecule has 124 valence electrons. The normalized spacial score (nSPS) is 11.2. The summed E-state index contributed by atoms with van der Waals surface area (Å²) >= 11 is 3.27. The summed E-state index contributed by atoms with van der Waals surface area (Å²) in [6.07, 6.45) is -1.25. The average molecular weight is 391 g/mol. The van der Waals surface area contributed by atoms with E-state index in [4.69, 9.17) is 4.74 Å². The molecule has 2 aromatic carbocycles. The van der Waals surface area contributed by atoms with Crippen LogP contribution in [0.1, 0.15) is 22.0 Å². The number of carbonyl (C=O) groups excluding carboxylic acids is 3. The molecule has 0 radical (unpaired) electrons. The number of benzene rings is 2. The molecule has 2 rings (SSSR count). The summed E-state index contributed by atoms with van der Waals surface area (Å²) in [5.74, 6) is -1.41. The van der Waals surface area contributed by atoms with E-state index in [0.717, 1.165) is 0 Å². The molecule has 0 aliphatic rings. The van der Waals surface area contributed by atoms with E-state index in [-0.39, 0.29) is 5.56 Å². The minimum atomic E-state index is -1.25. The Morgan fingerprint density at radius 1 is 1.00 bits per heavy atom. The van der Waals surface area contributed by atoms with Crippen LogP contribution in [-0.4, -0.2) is 25.0 Å². The van der Waals surface area contributed by atoms with Gasteiger partial charge in [-0.25, -0.2) is 9.59 Å². The van der Waals surface area contributed by atoms with Crippen LogP contribution in [0.5, 0.6) is 0 Å². The van der Waals surface area contributed by atoms with E-state index < -0.39 is 24.0 Å². The highest BCUT2D eigenvalue weighted by molar-refractivity contribution is 9.10. The maximum atomic E-state index is 12.4. The van der Waals surface area contributed by atoms with Crippen molar-refractivity contribution in [2.45, 2.75) is 6.10 Å². The molecular formula is C17H15BrN2O4. The second kappa shape index (κ2) is 8.26. The largest absolute Gasteiger partial charge is 0.444 e. The van der Waals surface area contributed by atoms with Gasteiger partial charge in [-0.15, -0.1) is 0 Å². The first kappa shape index (κ1) is 17.7. The Morgan fingerprint density at radius 2 is 1.62 bits per heavy atom. The third-order valence-electron chi connectivity index (χ3n) is 3.12. The van der Waals surface area contributed by atoms with Crippen molar-refractivity contribution in [1.29, 1.82) is 0 Å². The van der Waals surface area contributed by atoms with E-state index in [1.165, 1.54) is 7.05 Å². The second-order valence-corrected chi connectivity index (χ2v) is 5.60. The molecule has 0 fully saturated rings. The number of nitrogens with one attached hydrogen (secondary N) is 2. The van der Waals surface area contributed by atoms with E-state index in [1.807, 2.05) is 0 Å². The molecule has 1 atom stereocenters. The summed E-state index contributed by atoms with van der Waals surface area (Å²) < 4.78 is 5.90. The number of imide groups is 1. The number of esters is 1. The lowest BCUT2D eigenvalue weighted by Crippen LogP contribution is -2.41. The van der Waals surface area contributed by atoms with Crippen molar-refractivity contribution in [2.24, 2.45) is 0 Å². The molecule has 0 unspecified atom stereocenters. The molecule has 7 heteroatoms. The molecule has 0 spiro atoms. The van der Waals surface area contributed by atoms with E-state index in [2.05, 4.69) is 26.6 Å². The zero-order valence-electron chi connectivity index (χ0n) is 12.8. The maximum Gasteiger partial charge on any atom is 0.340 e. The Bertz CT molecular complexity index is 749. The number of urea groups is 1. The van der Waals surface area contributed by atoms with Crippen LogP contribution in [0, 0.1) is 0 Å². The first-order chi connectivity index (χ1) is 11.5. The van der Waals surface area contributed by atoms with Crippen molar-refractivity contribution in [3.63, 3.8) is 0 Å². The van der Waals surface area contributed by atoms with Gasteiger partial charge in [0.1, 0.15) is 0 Å². The Morgan fingerprint density at radius 3 is 2.25 bits per heavy atom. The number of carbonyl (C=O) groups is 3. The molecule has 0 bridgehead atoms. The van der Waals surface area contributed by atoms with Crippen LogP contribution in [-0.2, 0) is 9.53 Å². The third kappa shape index (κ3) is 4.42. The van der Waals surface area contributed by atoms with Crippen LogP contribution in [0.4, 0.5) is 4.79 Å². The van der Waals surface area contributed by atoms with Gasteiger partial charge in [-0.3, -0.25) is 10.1 Å². The number of hydrogen-bond acceptors (Lipinski definition) is 4. The first-order valence-corrected chi connectivity index (χ1v) is 7.85. The van der Waals surface area contributed by atoms with Gasteiger partial charge in [-0.1, -0.05) is 42.5 Å². The smallest absolute Gasteiger partial charge is 0.340 e. The van der Waals surface area contributed by atoms with E-state index in [1.54, 1.807) is 54.6 Å². The van der Waals surface area contributed by atoms with Gasteiger partial charge in [0.25, 0.3) is 5.91 Å². The zero-order chi connectivity index (χ0) is 17.5. The molecule has 2 aromatic rings. The van der Waals surface area contributed by atoms with Gasteiger partial charge >= 0.3 is 12.0 Å². The average Bonchev–Trinajstić information content (AvgIpc) is 2.60. The molecule has 0 aliphatic carbocycles. The lowest BCUT2D eigenvalue weighted by Gasteiger charge is -2.18. The predicted molar refractivity (Wildman–Crippen MR) is 91.3 cm³/mol. The molecule has 0 saturated carbocycles. The fourth-order valence-electron chi connectivity index (χ4n) is 1.94. The molecule has 0 heterocycles. The topological polar surface area (TPSA) is 84.5 Å². The van der Waals surface area contributed by atoms with Gasteiger partial charge in [-0.2, -0.15) is 0 Å². The van der Waals surface area contributed by atoms with Crippen molar-refractivity contribution in [2.75, 3.05) is 7.05 Å². The van der Waals surface area contributed by atoms with Crippen molar-refractivity contribution >= 4 is 33.8 Å². The molecule has 0 saturated heterocycles. The van der Waals surface area contributed by atoms with E-state index in [0.29, 0.717) is 10.0 Å². The Hall–Kier alpha value is -2.67. The minimum absolute atomic E-state index is 0.283. The van der Waals surface area contributed by atoms with Gasteiger partial charge in [0.2, 0.25) is 6.10 Å². The number of ether oxygens (including phenoxy) is 1. The van der Waals surface area contributed by atoms with Crippen LogP contribution in [0.25, 0.3) is 0 Å². The van der Waals surface area contributed by atoms with Crippen LogP contribution in [0.15, 0.2) is 59.1 Å².